The van der Waals surface area contributed by atoms with Gasteiger partial charge in [-0.3, -0.25) is 0 Å². The van der Waals surface area contributed by atoms with E-state index in [1.54, 1.807) is 6.26 Å². The van der Waals surface area contributed by atoms with Crippen molar-refractivity contribution in [1.82, 2.24) is 0 Å². The van der Waals surface area contributed by atoms with Gasteiger partial charge in [-0.05, 0) is 24.5 Å². The SMILES string of the molecule is CCC(O)(Cc1ccco1)C(C)C. The molecular formula is C11H18O2. The van der Waals surface area contributed by atoms with Crippen molar-refractivity contribution in [2.75, 3.05) is 0 Å². The van der Waals surface area contributed by atoms with Gasteiger partial charge in [0, 0.05) is 6.42 Å². The fraction of sp³-hybridized carbons (Fsp3) is 0.636. The standard InChI is InChI=1S/C11H18O2/c1-4-11(12,9(2)3)8-10-6-5-7-13-10/h5-7,9,12H,4,8H2,1-3H3. The molecule has 2 heteroatoms. The number of aliphatic hydroxyl groups is 1. The molecule has 0 spiro atoms. The summed E-state index contributed by atoms with van der Waals surface area (Å²) in [6.07, 6.45) is 3.01. The molecule has 1 aromatic rings. The summed E-state index contributed by atoms with van der Waals surface area (Å²) in [5.74, 6) is 1.11. The highest BCUT2D eigenvalue weighted by Gasteiger charge is 2.29. The van der Waals surface area contributed by atoms with Crippen LogP contribution >= 0.6 is 0 Å². The summed E-state index contributed by atoms with van der Waals surface area (Å²) >= 11 is 0. The van der Waals surface area contributed by atoms with Gasteiger partial charge in [-0.15, -0.1) is 0 Å². The van der Waals surface area contributed by atoms with Crippen LogP contribution in [0.1, 0.15) is 33.0 Å². The molecule has 1 aromatic heterocycles. The Bertz CT molecular complexity index is 239. The lowest BCUT2D eigenvalue weighted by Gasteiger charge is -2.30. The Labute approximate surface area is 79.6 Å². The first-order valence-corrected chi connectivity index (χ1v) is 4.83. The molecule has 1 heterocycles. The lowest BCUT2D eigenvalue weighted by molar-refractivity contribution is -0.0123. The van der Waals surface area contributed by atoms with Crippen LogP contribution in [0.2, 0.25) is 0 Å². The topological polar surface area (TPSA) is 33.4 Å². The van der Waals surface area contributed by atoms with E-state index in [1.807, 2.05) is 32.9 Å². The van der Waals surface area contributed by atoms with Crippen LogP contribution in [0.15, 0.2) is 22.8 Å². The molecule has 74 valence electrons. The molecule has 13 heavy (non-hydrogen) atoms. The number of hydrogen-bond acceptors (Lipinski definition) is 2. The van der Waals surface area contributed by atoms with E-state index in [2.05, 4.69) is 0 Å². The molecule has 0 amide bonds. The predicted molar refractivity (Wildman–Crippen MR) is 52.5 cm³/mol. The Kier molecular flexibility index (Phi) is 3.15. The Morgan fingerprint density at radius 3 is 2.62 bits per heavy atom. The second kappa shape index (κ2) is 3.97. The van der Waals surface area contributed by atoms with Gasteiger partial charge in [-0.2, -0.15) is 0 Å². The van der Waals surface area contributed by atoms with Gasteiger partial charge in [-0.1, -0.05) is 20.8 Å². The monoisotopic (exact) mass is 182 g/mol. The number of furan rings is 1. The van der Waals surface area contributed by atoms with Gasteiger partial charge in [0.15, 0.2) is 0 Å². The van der Waals surface area contributed by atoms with Crippen molar-refractivity contribution in [3.63, 3.8) is 0 Å². The fourth-order valence-corrected chi connectivity index (χ4v) is 1.45. The van der Waals surface area contributed by atoms with Crippen LogP contribution in [-0.4, -0.2) is 10.7 Å². The van der Waals surface area contributed by atoms with E-state index in [1.165, 1.54) is 0 Å². The molecular weight excluding hydrogens is 164 g/mol. The zero-order chi connectivity index (χ0) is 9.90. The molecule has 0 radical (unpaired) electrons. The van der Waals surface area contributed by atoms with Crippen LogP contribution in [0.5, 0.6) is 0 Å². The summed E-state index contributed by atoms with van der Waals surface area (Å²) < 4.78 is 5.22. The Morgan fingerprint density at radius 2 is 2.23 bits per heavy atom. The van der Waals surface area contributed by atoms with Gasteiger partial charge in [-0.25, -0.2) is 0 Å². The minimum absolute atomic E-state index is 0.252. The smallest absolute Gasteiger partial charge is 0.106 e. The molecule has 1 atom stereocenters. The average molecular weight is 182 g/mol. The van der Waals surface area contributed by atoms with Gasteiger partial charge >= 0.3 is 0 Å². The molecule has 2 nitrogen and oxygen atoms in total. The third-order valence-corrected chi connectivity index (χ3v) is 2.75. The first-order valence-electron chi connectivity index (χ1n) is 4.83. The first-order chi connectivity index (χ1) is 6.08. The van der Waals surface area contributed by atoms with Gasteiger partial charge in [0.25, 0.3) is 0 Å². The van der Waals surface area contributed by atoms with E-state index in [9.17, 15) is 5.11 Å². The molecule has 0 aliphatic heterocycles. The second-order valence-electron chi connectivity index (χ2n) is 3.87. The molecule has 0 aliphatic rings. The number of hydrogen-bond donors (Lipinski definition) is 1. The Hall–Kier alpha value is -0.760. The lowest BCUT2D eigenvalue weighted by atomic mass is 9.84. The second-order valence-corrected chi connectivity index (χ2v) is 3.87. The maximum absolute atomic E-state index is 10.2. The van der Waals surface area contributed by atoms with Crippen LogP contribution in [0.4, 0.5) is 0 Å². The maximum atomic E-state index is 10.2. The fourth-order valence-electron chi connectivity index (χ4n) is 1.45. The predicted octanol–water partition coefficient (Wildman–Crippen LogP) is 2.62. The van der Waals surface area contributed by atoms with Crippen molar-refractivity contribution < 1.29 is 9.52 Å². The average Bonchev–Trinajstić information content (AvgIpc) is 2.56. The van der Waals surface area contributed by atoms with E-state index in [4.69, 9.17) is 4.42 Å². The minimum atomic E-state index is -0.627. The van der Waals surface area contributed by atoms with Gasteiger partial charge in [0.2, 0.25) is 0 Å². The quantitative estimate of drug-likeness (QED) is 0.776. The van der Waals surface area contributed by atoms with Crippen LogP contribution in [0.25, 0.3) is 0 Å². The first kappa shape index (κ1) is 10.3. The van der Waals surface area contributed by atoms with E-state index in [0.29, 0.717) is 6.42 Å². The molecule has 0 bridgehead atoms. The highest BCUT2D eigenvalue weighted by molar-refractivity contribution is 5.03. The minimum Gasteiger partial charge on any atom is -0.469 e. The third-order valence-electron chi connectivity index (χ3n) is 2.75. The molecule has 1 rings (SSSR count). The highest BCUT2D eigenvalue weighted by Crippen LogP contribution is 2.25. The van der Waals surface area contributed by atoms with Crippen LogP contribution in [-0.2, 0) is 6.42 Å². The molecule has 1 unspecified atom stereocenters. The molecule has 0 aromatic carbocycles. The maximum Gasteiger partial charge on any atom is 0.106 e. The van der Waals surface area contributed by atoms with Gasteiger partial charge in [0.05, 0.1) is 11.9 Å². The van der Waals surface area contributed by atoms with Crippen LogP contribution in [0.3, 0.4) is 0 Å². The molecule has 0 saturated carbocycles. The summed E-state index contributed by atoms with van der Waals surface area (Å²) in [7, 11) is 0. The van der Waals surface area contributed by atoms with Crippen molar-refractivity contribution in [3.8, 4) is 0 Å². The Morgan fingerprint density at radius 1 is 1.54 bits per heavy atom. The largest absolute Gasteiger partial charge is 0.469 e. The number of rotatable bonds is 4. The van der Waals surface area contributed by atoms with Crippen molar-refractivity contribution in [2.45, 2.75) is 39.2 Å². The normalized spacial score (nSPS) is 16.1. The third kappa shape index (κ3) is 2.34. The summed E-state index contributed by atoms with van der Waals surface area (Å²) in [6, 6.07) is 3.76. The van der Waals surface area contributed by atoms with Crippen molar-refractivity contribution >= 4 is 0 Å². The van der Waals surface area contributed by atoms with Gasteiger partial charge in [0.1, 0.15) is 5.76 Å². The van der Waals surface area contributed by atoms with Crippen molar-refractivity contribution in [1.29, 1.82) is 0 Å². The van der Waals surface area contributed by atoms with Crippen molar-refractivity contribution in [2.24, 2.45) is 5.92 Å². The summed E-state index contributed by atoms with van der Waals surface area (Å²) in [5, 5.41) is 10.2. The van der Waals surface area contributed by atoms with Crippen LogP contribution < -0.4 is 0 Å². The molecule has 0 saturated heterocycles. The Balaban J connectivity index is 2.69. The highest BCUT2D eigenvalue weighted by atomic mass is 16.3. The van der Waals surface area contributed by atoms with E-state index >= 15 is 0 Å². The van der Waals surface area contributed by atoms with Gasteiger partial charge < -0.3 is 9.52 Å². The molecule has 0 aliphatic carbocycles. The van der Waals surface area contributed by atoms with Crippen LogP contribution in [0, 0.1) is 5.92 Å². The summed E-state index contributed by atoms with van der Waals surface area (Å²) in [6.45, 7) is 6.07. The molecule has 0 fully saturated rings. The van der Waals surface area contributed by atoms with Crippen molar-refractivity contribution in [3.05, 3.63) is 24.2 Å². The van der Waals surface area contributed by atoms with E-state index in [0.717, 1.165) is 12.2 Å². The zero-order valence-corrected chi connectivity index (χ0v) is 8.58. The molecule has 1 N–H and O–H groups in total. The lowest BCUT2D eigenvalue weighted by Crippen LogP contribution is -2.36. The summed E-state index contributed by atoms with van der Waals surface area (Å²) in [4.78, 5) is 0. The van der Waals surface area contributed by atoms with E-state index in [-0.39, 0.29) is 5.92 Å². The zero-order valence-electron chi connectivity index (χ0n) is 8.58. The van der Waals surface area contributed by atoms with E-state index < -0.39 is 5.60 Å². The summed E-state index contributed by atoms with van der Waals surface area (Å²) in [5.41, 5.74) is -0.627.